The van der Waals surface area contributed by atoms with Crippen molar-refractivity contribution in [3.8, 4) is 0 Å². The molecule has 0 bridgehead atoms. The number of carbonyl (C=O) groups excluding carboxylic acids is 1. The number of benzene rings is 1. The molecule has 0 aliphatic heterocycles. The normalized spacial score (nSPS) is 10.3. The lowest BCUT2D eigenvalue weighted by Crippen LogP contribution is -2.14. The van der Waals surface area contributed by atoms with Crippen LogP contribution in [-0.4, -0.2) is 29.1 Å². The first-order valence-corrected chi connectivity index (χ1v) is 6.84. The molecule has 0 spiro atoms. The summed E-state index contributed by atoms with van der Waals surface area (Å²) in [7, 11) is 0. The van der Waals surface area contributed by atoms with Gasteiger partial charge in [-0.25, -0.2) is 0 Å². The van der Waals surface area contributed by atoms with Crippen molar-refractivity contribution < 1.29 is 9.90 Å². The van der Waals surface area contributed by atoms with Crippen molar-refractivity contribution >= 4 is 23.4 Å². The van der Waals surface area contributed by atoms with Crippen LogP contribution in [0.4, 0.5) is 5.69 Å². The molecule has 0 heterocycles. The number of amides is 1. The zero-order chi connectivity index (χ0) is 12.7. The molecule has 94 valence electrons. The van der Waals surface area contributed by atoms with E-state index >= 15 is 0 Å². The maximum absolute atomic E-state index is 11.6. The predicted molar refractivity (Wildman–Crippen MR) is 73.6 cm³/mol. The number of carbonyl (C=O) groups is 1. The Balaban J connectivity index is 2.37. The topological polar surface area (TPSA) is 49.3 Å². The molecular weight excluding hydrogens is 234 g/mol. The predicted octanol–water partition coefficient (Wildman–Crippen LogP) is 2.36. The minimum Gasteiger partial charge on any atom is -0.396 e. The summed E-state index contributed by atoms with van der Waals surface area (Å²) in [6.45, 7) is 4.26. The van der Waals surface area contributed by atoms with E-state index in [0.29, 0.717) is 5.75 Å². The Labute approximate surface area is 107 Å². The van der Waals surface area contributed by atoms with E-state index in [2.05, 4.69) is 5.32 Å². The zero-order valence-electron chi connectivity index (χ0n) is 10.3. The lowest BCUT2D eigenvalue weighted by atomic mass is 10.1. The molecule has 2 N–H and O–H groups in total. The minimum absolute atomic E-state index is 0.0104. The van der Waals surface area contributed by atoms with Crippen LogP contribution in [-0.2, 0) is 4.79 Å². The van der Waals surface area contributed by atoms with Crippen molar-refractivity contribution in [3.63, 3.8) is 0 Å². The maximum atomic E-state index is 11.6. The standard InChI is InChI=1S/C13H19NO2S/c1-10-4-5-12(8-11(10)2)14-13(16)9-17-7-3-6-15/h4-5,8,15H,3,6-7,9H2,1-2H3,(H,14,16). The number of nitrogens with one attached hydrogen (secondary N) is 1. The van der Waals surface area contributed by atoms with Crippen LogP contribution in [0.5, 0.6) is 0 Å². The van der Waals surface area contributed by atoms with Gasteiger partial charge in [-0.2, -0.15) is 11.8 Å². The van der Waals surface area contributed by atoms with E-state index in [1.54, 1.807) is 11.8 Å². The van der Waals surface area contributed by atoms with Gasteiger partial charge in [-0.15, -0.1) is 0 Å². The maximum Gasteiger partial charge on any atom is 0.234 e. The van der Waals surface area contributed by atoms with Crippen molar-refractivity contribution in [2.45, 2.75) is 20.3 Å². The third-order valence-electron chi connectivity index (χ3n) is 2.47. The second-order valence-electron chi connectivity index (χ2n) is 3.98. The molecule has 1 aromatic carbocycles. The van der Waals surface area contributed by atoms with Crippen LogP contribution in [0.3, 0.4) is 0 Å². The molecule has 0 atom stereocenters. The monoisotopic (exact) mass is 253 g/mol. The summed E-state index contributed by atoms with van der Waals surface area (Å²) in [6.07, 6.45) is 0.738. The fourth-order valence-electron chi connectivity index (χ4n) is 1.35. The van der Waals surface area contributed by atoms with Crippen LogP contribution >= 0.6 is 11.8 Å². The lowest BCUT2D eigenvalue weighted by Gasteiger charge is -2.07. The highest BCUT2D eigenvalue weighted by Gasteiger charge is 2.03. The average molecular weight is 253 g/mol. The Morgan fingerprint density at radius 2 is 2.12 bits per heavy atom. The molecule has 17 heavy (non-hydrogen) atoms. The smallest absolute Gasteiger partial charge is 0.234 e. The van der Waals surface area contributed by atoms with Crippen LogP contribution in [0.1, 0.15) is 17.5 Å². The number of thioether (sulfide) groups is 1. The van der Waals surface area contributed by atoms with E-state index < -0.39 is 0 Å². The highest BCUT2D eigenvalue weighted by molar-refractivity contribution is 7.99. The van der Waals surface area contributed by atoms with E-state index in [1.807, 2.05) is 32.0 Å². The number of anilines is 1. The first-order valence-electron chi connectivity index (χ1n) is 5.69. The molecule has 0 saturated heterocycles. The molecular formula is C13H19NO2S. The van der Waals surface area contributed by atoms with E-state index in [0.717, 1.165) is 17.9 Å². The van der Waals surface area contributed by atoms with Crippen LogP contribution in [0.15, 0.2) is 18.2 Å². The molecule has 0 aliphatic carbocycles. The summed E-state index contributed by atoms with van der Waals surface area (Å²) < 4.78 is 0. The summed E-state index contributed by atoms with van der Waals surface area (Å²) in [6, 6.07) is 5.90. The van der Waals surface area contributed by atoms with Gasteiger partial charge in [0.2, 0.25) is 5.91 Å². The van der Waals surface area contributed by atoms with Gasteiger partial charge in [-0.3, -0.25) is 4.79 Å². The van der Waals surface area contributed by atoms with Crippen LogP contribution in [0.2, 0.25) is 0 Å². The average Bonchev–Trinajstić information content (AvgIpc) is 2.30. The van der Waals surface area contributed by atoms with E-state index in [9.17, 15) is 4.79 Å². The van der Waals surface area contributed by atoms with Gasteiger partial charge >= 0.3 is 0 Å². The Hall–Kier alpha value is -1.00. The van der Waals surface area contributed by atoms with E-state index in [4.69, 9.17) is 5.11 Å². The first-order chi connectivity index (χ1) is 8.13. The number of aryl methyl sites for hydroxylation is 2. The molecule has 4 heteroatoms. The quantitative estimate of drug-likeness (QED) is 0.765. The molecule has 0 radical (unpaired) electrons. The third-order valence-corrected chi connectivity index (χ3v) is 3.51. The second kappa shape index (κ2) is 7.35. The van der Waals surface area contributed by atoms with Crippen molar-refractivity contribution in [2.75, 3.05) is 23.4 Å². The molecule has 1 aromatic rings. The van der Waals surface area contributed by atoms with Gasteiger partial charge in [-0.1, -0.05) is 6.07 Å². The summed E-state index contributed by atoms with van der Waals surface area (Å²) >= 11 is 1.54. The first kappa shape index (κ1) is 14.1. The Kier molecular flexibility index (Phi) is 6.08. The highest BCUT2D eigenvalue weighted by Crippen LogP contribution is 2.14. The Bertz CT molecular complexity index is 380. The third kappa shape index (κ3) is 5.24. The second-order valence-corrected chi connectivity index (χ2v) is 5.08. The molecule has 0 unspecified atom stereocenters. The van der Waals surface area contributed by atoms with Crippen LogP contribution in [0.25, 0.3) is 0 Å². The van der Waals surface area contributed by atoms with E-state index in [-0.39, 0.29) is 12.5 Å². The van der Waals surface area contributed by atoms with Gasteiger partial charge in [0, 0.05) is 12.3 Å². The molecule has 0 saturated carbocycles. The largest absolute Gasteiger partial charge is 0.396 e. The molecule has 1 rings (SSSR count). The number of rotatable bonds is 6. The Morgan fingerprint density at radius 3 is 2.76 bits per heavy atom. The van der Waals surface area contributed by atoms with Gasteiger partial charge in [0.25, 0.3) is 0 Å². The number of hydrogen-bond donors (Lipinski definition) is 2. The van der Waals surface area contributed by atoms with Gasteiger partial charge in [0.1, 0.15) is 0 Å². The van der Waals surface area contributed by atoms with Gasteiger partial charge in [-0.05, 0) is 49.3 Å². The van der Waals surface area contributed by atoms with Crippen molar-refractivity contribution in [3.05, 3.63) is 29.3 Å². The molecule has 0 aromatic heterocycles. The molecule has 0 aliphatic rings. The highest BCUT2D eigenvalue weighted by atomic mass is 32.2. The van der Waals surface area contributed by atoms with Crippen LogP contribution in [0, 0.1) is 13.8 Å². The van der Waals surface area contributed by atoms with Gasteiger partial charge in [0.05, 0.1) is 5.75 Å². The Morgan fingerprint density at radius 1 is 1.35 bits per heavy atom. The van der Waals surface area contributed by atoms with Crippen molar-refractivity contribution in [1.82, 2.24) is 0 Å². The fourth-order valence-corrected chi connectivity index (χ4v) is 2.08. The van der Waals surface area contributed by atoms with Crippen molar-refractivity contribution in [2.24, 2.45) is 0 Å². The summed E-state index contributed by atoms with van der Waals surface area (Å²) in [5, 5.41) is 11.5. The van der Waals surface area contributed by atoms with Crippen molar-refractivity contribution in [1.29, 1.82) is 0 Å². The lowest BCUT2D eigenvalue weighted by molar-refractivity contribution is -0.113. The fraction of sp³-hybridized carbons (Fsp3) is 0.462. The zero-order valence-corrected chi connectivity index (χ0v) is 11.1. The molecule has 3 nitrogen and oxygen atoms in total. The molecule has 1 amide bonds. The SMILES string of the molecule is Cc1ccc(NC(=O)CSCCCO)cc1C. The number of hydrogen-bond acceptors (Lipinski definition) is 3. The minimum atomic E-state index is 0.0104. The number of aliphatic hydroxyl groups is 1. The summed E-state index contributed by atoms with van der Waals surface area (Å²) in [5.74, 6) is 1.26. The summed E-state index contributed by atoms with van der Waals surface area (Å²) in [5.41, 5.74) is 3.25. The van der Waals surface area contributed by atoms with Crippen LogP contribution < -0.4 is 5.32 Å². The summed E-state index contributed by atoms with van der Waals surface area (Å²) in [4.78, 5) is 11.6. The van der Waals surface area contributed by atoms with Gasteiger partial charge < -0.3 is 10.4 Å². The molecule has 0 fully saturated rings. The number of aliphatic hydroxyl groups excluding tert-OH is 1. The van der Waals surface area contributed by atoms with Gasteiger partial charge in [0.15, 0.2) is 0 Å². The van der Waals surface area contributed by atoms with E-state index in [1.165, 1.54) is 11.1 Å².